The van der Waals surface area contributed by atoms with Crippen LogP contribution in [0.5, 0.6) is 0 Å². The molecule has 0 bridgehead atoms. The highest BCUT2D eigenvalue weighted by Gasteiger charge is 2.45. The highest BCUT2D eigenvalue weighted by Crippen LogP contribution is 2.28. The van der Waals surface area contributed by atoms with Gasteiger partial charge in [0, 0.05) is 5.75 Å². The van der Waals surface area contributed by atoms with Gasteiger partial charge in [0.15, 0.2) is 0 Å². The Morgan fingerprint density at radius 1 is 1.29 bits per heavy atom. The van der Waals surface area contributed by atoms with Gasteiger partial charge >= 0.3 is 5.97 Å². The largest absolute Gasteiger partial charge is 0.480 e. The second kappa shape index (κ2) is 5.09. The zero-order valence-corrected chi connectivity index (χ0v) is 9.71. The van der Waals surface area contributed by atoms with Crippen molar-refractivity contribution in [2.75, 3.05) is 12.4 Å². The number of aliphatic hydroxyl groups excluding tert-OH is 3. The minimum atomic E-state index is -1.26. The molecule has 2 rings (SSSR count). The van der Waals surface area contributed by atoms with Crippen LogP contribution in [0.3, 0.4) is 0 Å². The van der Waals surface area contributed by atoms with Crippen LogP contribution < -0.4 is 5.32 Å². The first-order chi connectivity index (χ1) is 8.00. The molecule has 0 radical (unpaired) electrons. The number of ether oxygens (including phenoxy) is 1. The molecule has 5 N–H and O–H groups in total. The second-order valence-corrected chi connectivity index (χ2v) is 5.33. The number of carbonyl (C=O) groups is 1. The molecule has 2 saturated heterocycles. The normalized spacial score (nSPS) is 47.0. The fourth-order valence-electron chi connectivity index (χ4n) is 1.92. The topological polar surface area (TPSA) is 119 Å². The summed E-state index contributed by atoms with van der Waals surface area (Å²) in [4.78, 5) is 10.8. The van der Waals surface area contributed by atoms with Crippen LogP contribution in [0.15, 0.2) is 0 Å². The number of hydrogen-bond acceptors (Lipinski definition) is 7. The molecule has 98 valence electrons. The minimum Gasteiger partial charge on any atom is -0.480 e. The number of hydrogen-bond donors (Lipinski definition) is 5. The molecule has 0 amide bonds. The van der Waals surface area contributed by atoms with Crippen molar-refractivity contribution in [3.63, 3.8) is 0 Å². The van der Waals surface area contributed by atoms with Crippen LogP contribution in [0.2, 0.25) is 0 Å². The Morgan fingerprint density at radius 3 is 2.59 bits per heavy atom. The lowest BCUT2D eigenvalue weighted by atomic mass is 10.00. The maximum atomic E-state index is 10.8. The zero-order chi connectivity index (χ0) is 12.6. The lowest BCUT2D eigenvalue weighted by Crippen LogP contribution is -2.58. The summed E-state index contributed by atoms with van der Waals surface area (Å²) in [7, 11) is 0. The van der Waals surface area contributed by atoms with Crippen LogP contribution in [0.4, 0.5) is 0 Å². The smallest absolute Gasteiger partial charge is 0.321 e. The summed E-state index contributed by atoms with van der Waals surface area (Å²) in [6.07, 6.45) is -4.32. The number of rotatable bonds is 2. The van der Waals surface area contributed by atoms with Crippen molar-refractivity contribution in [1.82, 2.24) is 5.32 Å². The molecule has 2 fully saturated rings. The van der Waals surface area contributed by atoms with Gasteiger partial charge in [-0.25, -0.2) is 0 Å². The first-order valence-corrected chi connectivity index (χ1v) is 6.32. The van der Waals surface area contributed by atoms with Gasteiger partial charge < -0.3 is 25.2 Å². The van der Waals surface area contributed by atoms with Gasteiger partial charge in [-0.3, -0.25) is 10.1 Å². The average Bonchev–Trinajstić information content (AvgIpc) is 2.75. The molecule has 6 atom stereocenters. The summed E-state index contributed by atoms with van der Waals surface area (Å²) in [5, 5.41) is 39.8. The van der Waals surface area contributed by atoms with Gasteiger partial charge in [0.1, 0.15) is 30.5 Å². The molecular weight excluding hydrogens is 250 g/mol. The van der Waals surface area contributed by atoms with E-state index >= 15 is 0 Å². The lowest BCUT2D eigenvalue weighted by molar-refractivity contribution is -0.188. The summed E-state index contributed by atoms with van der Waals surface area (Å²) >= 11 is 1.32. The Bertz CT molecular complexity index is 303. The molecule has 2 aliphatic rings. The molecule has 7 nitrogen and oxygen atoms in total. The van der Waals surface area contributed by atoms with Crippen LogP contribution in [-0.2, 0) is 9.53 Å². The number of nitrogens with one attached hydrogen (secondary N) is 1. The molecule has 0 aromatic carbocycles. The molecule has 0 saturated carbocycles. The Balaban J connectivity index is 1.97. The van der Waals surface area contributed by atoms with E-state index in [9.17, 15) is 20.1 Å². The van der Waals surface area contributed by atoms with E-state index in [-0.39, 0.29) is 6.61 Å². The molecule has 2 heterocycles. The lowest BCUT2D eigenvalue weighted by Gasteiger charge is -2.37. The highest BCUT2D eigenvalue weighted by molar-refractivity contribution is 8.00. The predicted octanol–water partition coefficient (Wildman–Crippen LogP) is -2.42. The van der Waals surface area contributed by atoms with Gasteiger partial charge in [0.2, 0.25) is 0 Å². The molecule has 17 heavy (non-hydrogen) atoms. The summed E-state index contributed by atoms with van der Waals surface area (Å²) in [5.41, 5.74) is 0. The molecule has 0 spiro atoms. The zero-order valence-electron chi connectivity index (χ0n) is 8.89. The van der Waals surface area contributed by atoms with Crippen molar-refractivity contribution in [3.8, 4) is 0 Å². The summed E-state index contributed by atoms with van der Waals surface area (Å²) in [5.74, 6) is -0.573. The third kappa shape index (κ3) is 2.56. The Labute approximate surface area is 102 Å². The molecule has 2 aliphatic heterocycles. The quantitative estimate of drug-likeness (QED) is 0.374. The van der Waals surface area contributed by atoms with E-state index in [1.54, 1.807) is 0 Å². The van der Waals surface area contributed by atoms with E-state index in [0.29, 0.717) is 5.75 Å². The van der Waals surface area contributed by atoms with E-state index in [1.165, 1.54) is 11.8 Å². The van der Waals surface area contributed by atoms with E-state index in [1.807, 2.05) is 0 Å². The van der Waals surface area contributed by atoms with Crippen molar-refractivity contribution < 1.29 is 30.0 Å². The van der Waals surface area contributed by atoms with Gasteiger partial charge in [0.25, 0.3) is 0 Å². The number of aliphatic carboxylic acids is 1. The van der Waals surface area contributed by atoms with Crippen molar-refractivity contribution in [3.05, 3.63) is 0 Å². The third-order valence-corrected chi connectivity index (χ3v) is 4.23. The number of carboxylic acids is 1. The minimum absolute atomic E-state index is 0.0701. The van der Waals surface area contributed by atoms with E-state index < -0.39 is 41.8 Å². The van der Waals surface area contributed by atoms with Gasteiger partial charge in [-0.05, 0) is 0 Å². The van der Waals surface area contributed by atoms with E-state index in [4.69, 9.17) is 9.84 Å². The van der Waals surface area contributed by atoms with Gasteiger partial charge in [-0.2, -0.15) is 0 Å². The van der Waals surface area contributed by atoms with E-state index in [2.05, 4.69) is 5.32 Å². The van der Waals surface area contributed by atoms with Gasteiger partial charge in [-0.1, -0.05) is 0 Å². The first kappa shape index (κ1) is 13.1. The van der Waals surface area contributed by atoms with Crippen LogP contribution in [0, 0.1) is 0 Å². The number of carboxylic acid groups (broad SMARTS) is 1. The average molecular weight is 265 g/mol. The number of aliphatic hydroxyl groups is 3. The standard InChI is InChI=1S/C9H15NO6S/c11-4-1-16-7(6(13)5(4)12)8-10-3(2-17-8)9(14)15/h3-8,10-13H,1-2H2,(H,14,15)/t3?,4-,5+,6-,7?,8?/m1/s1. The van der Waals surface area contributed by atoms with Crippen molar-refractivity contribution in [2.24, 2.45) is 0 Å². The van der Waals surface area contributed by atoms with Crippen LogP contribution in [0.1, 0.15) is 0 Å². The third-order valence-electron chi connectivity index (χ3n) is 2.94. The number of thioether (sulfide) groups is 1. The highest BCUT2D eigenvalue weighted by atomic mass is 32.2. The molecule has 8 heteroatoms. The molecule has 0 aromatic rings. The SMILES string of the molecule is O=C(O)C1CSC(C2OC[C@@H](O)[C@H](O)[C@H]2O)N1. The predicted molar refractivity (Wildman–Crippen MR) is 58.6 cm³/mol. The van der Waals surface area contributed by atoms with Crippen LogP contribution in [-0.4, -0.2) is 74.6 Å². The van der Waals surface area contributed by atoms with Crippen molar-refractivity contribution >= 4 is 17.7 Å². The second-order valence-electron chi connectivity index (χ2n) is 4.16. The molecule has 3 unspecified atom stereocenters. The van der Waals surface area contributed by atoms with Crippen LogP contribution >= 0.6 is 11.8 Å². The van der Waals surface area contributed by atoms with Crippen molar-refractivity contribution in [1.29, 1.82) is 0 Å². The summed E-state index contributed by atoms with van der Waals surface area (Å²) in [6, 6.07) is -0.676. The van der Waals surface area contributed by atoms with Gasteiger partial charge in [0.05, 0.1) is 12.0 Å². The molecular formula is C9H15NO6S. The monoisotopic (exact) mass is 265 g/mol. The Hall–Kier alpha value is -0.380. The van der Waals surface area contributed by atoms with Gasteiger partial charge in [-0.15, -0.1) is 11.8 Å². The first-order valence-electron chi connectivity index (χ1n) is 5.27. The van der Waals surface area contributed by atoms with E-state index in [0.717, 1.165) is 0 Å². The molecule has 0 aromatic heterocycles. The Kier molecular flexibility index (Phi) is 3.91. The maximum Gasteiger partial charge on any atom is 0.321 e. The maximum absolute atomic E-state index is 10.8. The van der Waals surface area contributed by atoms with Crippen molar-refractivity contribution in [2.45, 2.75) is 35.8 Å². The fourth-order valence-corrected chi connectivity index (χ4v) is 3.25. The summed E-state index contributed by atoms with van der Waals surface area (Å²) in [6.45, 7) is -0.0701. The summed E-state index contributed by atoms with van der Waals surface area (Å²) < 4.78 is 5.25. The van der Waals surface area contributed by atoms with Crippen LogP contribution in [0.25, 0.3) is 0 Å². The Morgan fingerprint density at radius 2 is 2.00 bits per heavy atom. The molecule has 0 aliphatic carbocycles. The fraction of sp³-hybridized carbons (Fsp3) is 0.889.